The normalized spacial score (nSPS) is 12.2. The van der Waals surface area contributed by atoms with E-state index in [1.165, 1.54) is 6.07 Å². The lowest BCUT2D eigenvalue weighted by Crippen LogP contribution is -2.32. The molecule has 1 rings (SSSR count). The highest BCUT2D eigenvalue weighted by atomic mass is 19.1. The summed E-state index contributed by atoms with van der Waals surface area (Å²) >= 11 is 0. The summed E-state index contributed by atoms with van der Waals surface area (Å²) < 4.78 is 13.2. The molecule has 14 heavy (non-hydrogen) atoms. The maximum Gasteiger partial charge on any atom is 0.235 e. The van der Waals surface area contributed by atoms with E-state index in [4.69, 9.17) is 11.6 Å². The number of rotatable bonds is 3. The van der Waals surface area contributed by atoms with Crippen molar-refractivity contribution in [2.24, 2.45) is 11.6 Å². The summed E-state index contributed by atoms with van der Waals surface area (Å²) in [6, 6.07) is 5.41. The van der Waals surface area contributed by atoms with E-state index in [-0.39, 0.29) is 6.42 Å². The predicted octanol–water partition coefficient (Wildman–Crippen LogP) is 0.206. The number of benzene rings is 1. The lowest BCUT2D eigenvalue weighted by molar-refractivity contribution is -0.121. The number of nitrogens with two attached hydrogens (primary N) is 2. The van der Waals surface area contributed by atoms with Crippen molar-refractivity contribution in [3.05, 3.63) is 35.6 Å². The van der Waals surface area contributed by atoms with Gasteiger partial charge in [0.2, 0.25) is 5.91 Å². The molecule has 76 valence electrons. The Morgan fingerprint density at radius 2 is 2.14 bits per heavy atom. The zero-order chi connectivity index (χ0) is 10.6. The highest BCUT2D eigenvalue weighted by Gasteiger charge is 2.13. The third kappa shape index (κ3) is 2.51. The Labute approximate surface area is 81.1 Å². The van der Waals surface area contributed by atoms with Gasteiger partial charge in [-0.1, -0.05) is 18.2 Å². The number of amides is 1. The first-order valence-corrected chi connectivity index (χ1v) is 4.14. The van der Waals surface area contributed by atoms with Crippen molar-refractivity contribution < 1.29 is 9.18 Å². The molecule has 0 spiro atoms. The SMILES string of the molecule is NNC(=O)CC(N)c1ccccc1F. The van der Waals surface area contributed by atoms with E-state index in [0.29, 0.717) is 5.56 Å². The van der Waals surface area contributed by atoms with Gasteiger partial charge < -0.3 is 5.73 Å². The van der Waals surface area contributed by atoms with Gasteiger partial charge in [0.05, 0.1) is 0 Å². The molecule has 0 bridgehead atoms. The van der Waals surface area contributed by atoms with Gasteiger partial charge in [-0.15, -0.1) is 0 Å². The molecular weight excluding hydrogens is 185 g/mol. The van der Waals surface area contributed by atoms with E-state index in [0.717, 1.165) is 0 Å². The fourth-order valence-electron chi connectivity index (χ4n) is 1.14. The number of halogens is 1. The van der Waals surface area contributed by atoms with Crippen LogP contribution in [0.5, 0.6) is 0 Å². The lowest BCUT2D eigenvalue weighted by Gasteiger charge is -2.11. The van der Waals surface area contributed by atoms with Crippen LogP contribution in [0.4, 0.5) is 4.39 Å². The van der Waals surface area contributed by atoms with Gasteiger partial charge >= 0.3 is 0 Å². The molecule has 0 saturated heterocycles. The summed E-state index contributed by atoms with van der Waals surface area (Å²) in [4.78, 5) is 10.9. The molecule has 0 aliphatic rings. The largest absolute Gasteiger partial charge is 0.323 e. The van der Waals surface area contributed by atoms with Crippen molar-refractivity contribution in [3.63, 3.8) is 0 Å². The van der Waals surface area contributed by atoms with Crippen molar-refractivity contribution in [2.75, 3.05) is 0 Å². The van der Waals surface area contributed by atoms with E-state index >= 15 is 0 Å². The van der Waals surface area contributed by atoms with Gasteiger partial charge in [0.1, 0.15) is 5.82 Å². The van der Waals surface area contributed by atoms with Crippen LogP contribution < -0.4 is 17.0 Å². The van der Waals surface area contributed by atoms with Crippen LogP contribution in [0.2, 0.25) is 0 Å². The van der Waals surface area contributed by atoms with Gasteiger partial charge in [0.15, 0.2) is 0 Å². The molecule has 1 atom stereocenters. The summed E-state index contributed by atoms with van der Waals surface area (Å²) in [7, 11) is 0. The zero-order valence-corrected chi connectivity index (χ0v) is 7.53. The fraction of sp³-hybridized carbons (Fsp3) is 0.222. The topological polar surface area (TPSA) is 81.1 Å². The maximum atomic E-state index is 13.2. The Hall–Kier alpha value is -1.46. The first-order valence-electron chi connectivity index (χ1n) is 4.14. The third-order valence-electron chi connectivity index (χ3n) is 1.87. The summed E-state index contributed by atoms with van der Waals surface area (Å²) in [6.45, 7) is 0. The van der Waals surface area contributed by atoms with Crippen LogP contribution in [0.1, 0.15) is 18.0 Å². The average molecular weight is 197 g/mol. The van der Waals surface area contributed by atoms with Gasteiger partial charge in [0.25, 0.3) is 0 Å². The molecule has 0 radical (unpaired) electrons. The van der Waals surface area contributed by atoms with E-state index in [1.54, 1.807) is 18.2 Å². The quantitative estimate of drug-likeness (QED) is 0.368. The molecule has 1 aromatic rings. The Kier molecular flexibility index (Phi) is 3.55. The Morgan fingerprint density at radius 1 is 1.50 bits per heavy atom. The van der Waals surface area contributed by atoms with Gasteiger partial charge in [-0.25, -0.2) is 10.2 Å². The molecule has 1 aromatic carbocycles. The number of nitrogens with one attached hydrogen (secondary N) is 1. The van der Waals surface area contributed by atoms with Crippen LogP contribution in [-0.2, 0) is 4.79 Å². The van der Waals surface area contributed by atoms with Crippen molar-refractivity contribution >= 4 is 5.91 Å². The summed E-state index contributed by atoms with van der Waals surface area (Å²) in [5, 5.41) is 0. The van der Waals surface area contributed by atoms with Gasteiger partial charge in [-0.05, 0) is 6.07 Å². The minimum atomic E-state index is -0.667. The second-order valence-electron chi connectivity index (χ2n) is 2.90. The Balaban J connectivity index is 2.74. The third-order valence-corrected chi connectivity index (χ3v) is 1.87. The van der Waals surface area contributed by atoms with Gasteiger partial charge in [-0.2, -0.15) is 0 Å². The summed E-state index contributed by atoms with van der Waals surface area (Å²) in [6.07, 6.45) is -0.0303. The molecule has 0 aliphatic carbocycles. The number of hydrazine groups is 1. The van der Waals surface area contributed by atoms with Gasteiger partial charge in [-0.3, -0.25) is 10.2 Å². The van der Waals surface area contributed by atoms with Crippen LogP contribution in [-0.4, -0.2) is 5.91 Å². The number of carbonyl (C=O) groups excluding carboxylic acids is 1. The van der Waals surface area contributed by atoms with Crippen LogP contribution in [0, 0.1) is 5.82 Å². The van der Waals surface area contributed by atoms with Crippen LogP contribution in [0.25, 0.3) is 0 Å². The fourth-order valence-corrected chi connectivity index (χ4v) is 1.14. The number of carbonyl (C=O) groups is 1. The zero-order valence-electron chi connectivity index (χ0n) is 7.53. The summed E-state index contributed by atoms with van der Waals surface area (Å²) in [5.74, 6) is 4.06. The van der Waals surface area contributed by atoms with Crippen molar-refractivity contribution in [3.8, 4) is 0 Å². The van der Waals surface area contributed by atoms with Gasteiger partial charge in [0, 0.05) is 18.0 Å². The molecule has 1 amide bonds. The lowest BCUT2D eigenvalue weighted by atomic mass is 10.0. The minimum absolute atomic E-state index is 0.0303. The molecule has 5 N–H and O–H groups in total. The van der Waals surface area contributed by atoms with E-state index < -0.39 is 17.8 Å². The first kappa shape index (κ1) is 10.6. The molecule has 0 heterocycles. The minimum Gasteiger partial charge on any atom is -0.323 e. The van der Waals surface area contributed by atoms with E-state index in [9.17, 15) is 9.18 Å². The molecule has 0 aliphatic heterocycles. The molecular formula is C9H12FN3O. The van der Waals surface area contributed by atoms with Crippen molar-refractivity contribution in [1.82, 2.24) is 5.43 Å². The molecule has 1 unspecified atom stereocenters. The molecule has 5 heteroatoms. The second-order valence-corrected chi connectivity index (χ2v) is 2.90. The van der Waals surface area contributed by atoms with E-state index in [1.807, 2.05) is 5.43 Å². The molecule has 4 nitrogen and oxygen atoms in total. The number of hydrogen-bond donors (Lipinski definition) is 3. The average Bonchev–Trinajstić information content (AvgIpc) is 2.18. The Bertz CT molecular complexity index is 330. The highest BCUT2D eigenvalue weighted by molar-refractivity contribution is 5.76. The predicted molar refractivity (Wildman–Crippen MR) is 50.3 cm³/mol. The van der Waals surface area contributed by atoms with Crippen LogP contribution in [0.15, 0.2) is 24.3 Å². The maximum absolute atomic E-state index is 13.2. The standard InChI is InChI=1S/C9H12FN3O/c10-7-4-2-1-3-6(7)8(11)5-9(14)13-12/h1-4,8H,5,11-12H2,(H,13,14). The molecule has 0 aromatic heterocycles. The number of hydrogen-bond acceptors (Lipinski definition) is 3. The monoisotopic (exact) mass is 197 g/mol. The van der Waals surface area contributed by atoms with Crippen molar-refractivity contribution in [2.45, 2.75) is 12.5 Å². The smallest absolute Gasteiger partial charge is 0.235 e. The van der Waals surface area contributed by atoms with Crippen LogP contribution in [0.3, 0.4) is 0 Å². The first-order chi connectivity index (χ1) is 6.65. The Morgan fingerprint density at radius 3 is 2.71 bits per heavy atom. The van der Waals surface area contributed by atoms with Crippen LogP contribution >= 0.6 is 0 Å². The van der Waals surface area contributed by atoms with Crippen molar-refractivity contribution in [1.29, 1.82) is 0 Å². The molecule has 0 saturated carbocycles. The second kappa shape index (κ2) is 4.69. The highest BCUT2D eigenvalue weighted by Crippen LogP contribution is 2.16. The van der Waals surface area contributed by atoms with E-state index in [2.05, 4.69) is 0 Å². The summed E-state index contributed by atoms with van der Waals surface area (Å²) in [5.41, 5.74) is 7.88. The molecule has 0 fully saturated rings.